The van der Waals surface area contributed by atoms with E-state index in [2.05, 4.69) is 10.6 Å². The third-order valence-electron chi connectivity index (χ3n) is 3.10. The summed E-state index contributed by atoms with van der Waals surface area (Å²) in [7, 11) is 0. The zero-order chi connectivity index (χ0) is 15.5. The molecule has 0 saturated heterocycles. The molecule has 0 fully saturated rings. The van der Waals surface area contributed by atoms with Crippen molar-refractivity contribution in [3.8, 4) is 0 Å². The Balaban J connectivity index is 0.000000774. The predicted molar refractivity (Wildman–Crippen MR) is 79.8 cm³/mol. The largest absolute Gasteiger partial charge is 0.416 e. The molecule has 0 amide bonds. The number of halogens is 3. The van der Waals surface area contributed by atoms with Crippen molar-refractivity contribution in [2.24, 2.45) is 0 Å². The third-order valence-corrected chi connectivity index (χ3v) is 3.10. The van der Waals surface area contributed by atoms with Gasteiger partial charge in [-0.25, -0.2) is 0 Å². The molecule has 2 aromatic carbocycles. The second-order valence-electron chi connectivity index (χ2n) is 4.39. The predicted octanol–water partition coefficient (Wildman–Crippen LogP) is 5.40. The summed E-state index contributed by atoms with van der Waals surface area (Å²) in [5.74, 6) is 0. The highest BCUT2D eigenvalue weighted by Gasteiger charge is 2.31. The van der Waals surface area contributed by atoms with Gasteiger partial charge in [0.15, 0.2) is 0 Å². The van der Waals surface area contributed by atoms with Crippen LogP contribution in [0.5, 0.6) is 0 Å². The summed E-state index contributed by atoms with van der Waals surface area (Å²) in [6.45, 7) is 4.36. The number of fused-ring (bicyclic) bond motifs is 2. The first-order valence-electron chi connectivity index (χ1n) is 6.84. The van der Waals surface area contributed by atoms with E-state index in [0.29, 0.717) is 17.8 Å². The number of hydrogen-bond acceptors (Lipinski definition) is 2. The van der Waals surface area contributed by atoms with E-state index in [4.69, 9.17) is 0 Å². The van der Waals surface area contributed by atoms with E-state index in [-0.39, 0.29) is 0 Å². The molecule has 5 heteroatoms. The maximum Gasteiger partial charge on any atom is 0.416 e. The van der Waals surface area contributed by atoms with Crippen molar-refractivity contribution in [3.63, 3.8) is 0 Å². The Kier molecular flexibility index (Phi) is 4.40. The van der Waals surface area contributed by atoms with E-state index in [9.17, 15) is 13.2 Å². The zero-order valence-electron chi connectivity index (χ0n) is 11.9. The molecule has 1 aliphatic heterocycles. The van der Waals surface area contributed by atoms with Gasteiger partial charge in [0.2, 0.25) is 0 Å². The molecule has 2 aromatic rings. The molecule has 0 saturated carbocycles. The second-order valence-corrected chi connectivity index (χ2v) is 4.39. The minimum absolute atomic E-state index is 0.364. The van der Waals surface area contributed by atoms with Gasteiger partial charge in [-0.05, 0) is 35.9 Å². The summed E-state index contributed by atoms with van der Waals surface area (Å²) in [4.78, 5) is 0. The fraction of sp³-hybridized carbons (Fsp3) is 0.250. The smallest absolute Gasteiger partial charge is 0.379 e. The van der Waals surface area contributed by atoms with Crippen molar-refractivity contribution in [2.45, 2.75) is 26.6 Å². The highest BCUT2D eigenvalue weighted by molar-refractivity contribution is 5.78. The Bertz CT molecular complexity index is 621. The van der Waals surface area contributed by atoms with Crippen molar-refractivity contribution in [1.82, 2.24) is 0 Å². The standard InChI is InChI=1S/C14H11F3N2.C2H6/c15-14(16,17)10-5-6-11-9(7-10)8-18-12-3-1-2-4-13(12)19-11;1-2/h1-7,18-19H,8H2;1-2H3. The molecule has 0 bridgehead atoms. The number of rotatable bonds is 0. The van der Waals surface area contributed by atoms with Crippen molar-refractivity contribution in [2.75, 3.05) is 10.6 Å². The zero-order valence-corrected chi connectivity index (χ0v) is 11.9. The van der Waals surface area contributed by atoms with Crippen LogP contribution in [0.2, 0.25) is 0 Å². The van der Waals surface area contributed by atoms with Gasteiger partial charge in [-0.2, -0.15) is 13.2 Å². The quantitative estimate of drug-likeness (QED) is 0.679. The van der Waals surface area contributed by atoms with Crippen molar-refractivity contribution >= 4 is 17.1 Å². The van der Waals surface area contributed by atoms with Crippen LogP contribution >= 0.6 is 0 Å². The van der Waals surface area contributed by atoms with E-state index in [0.717, 1.165) is 17.4 Å². The highest BCUT2D eigenvalue weighted by atomic mass is 19.4. The van der Waals surface area contributed by atoms with E-state index in [1.54, 1.807) is 0 Å². The minimum atomic E-state index is -4.31. The Morgan fingerprint density at radius 2 is 1.57 bits per heavy atom. The highest BCUT2D eigenvalue weighted by Crippen LogP contribution is 2.36. The third kappa shape index (κ3) is 3.29. The van der Waals surface area contributed by atoms with Crippen LogP contribution in [0.3, 0.4) is 0 Å². The number of benzene rings is 2. The van der Waals surface area contributed by atoms with Crippen LogP contribution in [-0.2, 0) is 12.7 Å². The Morgan fingerprint density at radius 3 is 2.24 bits per heavy atom. The van der Waals surface area contributed by atoms with Gasteiger partial charge in [-0.1, -0.05) is 26.0 Å². The molecule has 112 valence electrons. The van der Waals surface area contributed by atoms with Crippen LogP contribution in [0, 0.1) is 0 Å². The Hall–Kier alpha value is -2.17. The first-order valence-corrected chi connectivity index (χ1v) is 6.84. The molecule has 0 radical (unpaired) electrons. The van der Waals surface area contributed by atoms with Gasteiger partial charge < -0.3 is 10.6 Å². The second kappa shape index (κ2) is 6.08. The molecule has 21 heavy (non-hydrogen) atoms. The lowest BCUT2D eigenvalue weighted by atomic mass is 10.1. The minimum Gasteiger partial charge on any atom is -0.379 e. The van der Waals surface area contributed by atoms with Crippen LogP contribution in [0.15, 0.2) is 42.5 Å². The summed E-state index contributed by atoms with van der Waals surface area (Å²) >= 11 is 0. The van der Waals surface area contributed by atoms with Gasteiger partial charge in [-0.15, -0.1) is 0 Å². The molecule has 0 aliphatic carbocycles. The van der Waals surface area contributed by atoms with Gasteiger partial charge in [0.25, 0.3) is 0 Å². The summed E-state index contributed by atoms with van der Waals surface area (Å²) in [6, 6.07) is 11.3. The lowest BCUT2D eigenvalue weighted by Crippen LogP contribution is -2.07. The molecule has 2 N–H and O–H groups in total. The van der Waals surface area contributed by atoms with Crippen LogP contribution in [0.1, 0.15) is 25.0 Å². The number of nitrogens with one attached hydrogen (secondary N) is 2. The normalized spacial score (nSPS) is 12.6. The lowest BCUT2D eigenvalue weighted by molar-refractivity contribution is -0.137. The SMILES string of the molecule is CC.FC(F)(F)c1ccc2c(c1)CNc1ccccc1N2. The molecule has 1 aliphatic rings. The van der Waals surface area contributed by atoms with E-state index in [1.165, 1.54) is 12.1 Å². The molecule has 2 nitrogen and oxygen atoms in total. The molecule has 0 atom stereocenters. The van der Waals surface area contributed by atoms with Gasteiger partial charge in [0.05, 0.1) is 16.9 Å². The molecule has 0 unspecified atom stereocenters. The lowest BCUT2D eigenvalue weighted by Gasteiger charge is -2.12. The van der Waals surface area contributed by atoms with Crippen LogP contribution in [0.25, 0.3) is 0 Å². The number of alkyl halides is 3. The van der Waals surface area contributed by atoms with Gasteiger partial charge in [0.1, 0.15) is 0 Å². The fourth-order valence-electron chi connectivity index (χ4n) is 2.12. The maximum atomic E-state index is 12.7. The first kappa shape index (κ1) is 15.2. The van der Waals surface area contributed by atoms with Crippen molar-refractivity contribution in [3.05, 3.63) is 53.6 Å². The molecule has 3 rings (SSSR count). The summed E-state index contributed by atoms with van der Waals surface area (Å²) in [5.41, 5.74) is 2.42. The van der Waals surface area contributed by atoms with Crippen LogP contribution < -0.4 is 10.6 Å². The van der Waals surface area contributed by atoms with Gasteiger partial charge in [-0.3, -0.25) is 0 Å². The topological polar surface area (TPSA) is 24.1 Å². The summed E-state index contributed by atoms with van der Waals surface area (Å²) < 4.78 is 38.0. The number of para-hydroxylation sites is 2. The molecular weight excluding hydrogens is 277 g/mol. The summed E-state index contributed by atoms with van der Waals surface area (Å²) in [5, 5.41) is 6.28. The molecule has 0 spiro atoms. The van der Waals surface area contributed by atoms with Crippen LogP contribution in [-0.4, -0.2) is 0 Å². The summed E-state index contributed by atoms with van der Waals surface area (Å²) in [6.07, 6.45) is -4.31. The average Bonchev–Trinajstić information content (AvgIpc) is 2.66. The first-order chi connectivity index (χ1) is 10.0. The average molecular weight is 294 g/mol. The number of hydrogen-bond donors (Lipinski definition) is 2. The Morgan fingerprint density at radius 1 is 0.905 bits per heavy atom. The van der Waals surface area contributed by atoms with E-state index < -0.39 is 11.7 Å². The molecule has 0 aromatic heterocycles. The molecular formula is C16H17F3N2. The van der Waals surface area contributed by atoms with E-state index >= 15 is 0 Å². The van der Waals surface area contributed by atoms with Gasteiger partial charge >= 0.3 is 6.18 Å². The van der Waals surface area contributed by atoms with Crippen molar-refractivity contribution in [1.29, 1.82) is 0 Å². The fourth-order valence-corrected chi connectivity index (χ4v) is 2.12. The van der Waals surface area contributed by atoms with Gasteiger partial charge in [0, 0.05) is 12.2 Å². The van der Waals surface area contributed by atoms with Crippen LogP contribution in [0.4, 0.5) is 30.2 Å². The van der Waals surface area contributed by atoms with E-state index in [1.807, 2.05) is 38.1 Å². The monoisotopic (exact) mass is 294 g/mol. The Labute approximate surface area is 122 Å². The van der Waals surface area contributed by atoms with Crippen molar-refractivity contribution < 1.29 is 13.2 Å². The maximum absolute atomic E-state index is 12.7. The number of anilines is 3. The molecule has 1 heterocycles.